The maximum Gasteiger partial charge on any atom is 0.250 e. The maximum atomic E-state index is 13.2. The Labute approximate surface area is 168 Å². The Kier molecular flexibility index (Phi) is 6.36. The van der Waals surface area contributed by atoms with Gasteiger partial charge in [-0.25, -0.2) is 23.7 Å². The van der Waals surface area contributed by atoms with Crippen LogP contribution in [0.4, 0.5) is 15.8 Å². The van der Waals surface area contributed by atoms with Gasteiger partial charge in [0, 0.05) is 17.8 Å². The van der Waals surface area contributed by atoms with E-state index in [0.29, 0.717) is 29.3 Å². The van der Waals surface area contributed by atoms with Crippen LogP contribution in [0.25, 0.3) is 0 Å². The first kappa shape index (κ1) is 21.0. The van der Waals surface area contributed by atoms with Gasteiger partial charge in [0.2, 0.25) is 15.9 Å². The van der Waals surface area contributed by atoms with Crippen molar-refractivity contribution in [2.45, 2.75) is 31.7 Å². The highest BCUT2D eigenvalue weighted by Crippen LogP contribution is 2.21. The Morgan fingerprint density at radius 3 is 2.59 bits per heavy atom. The van der Waals surface area contributed by atoms with Gasteiger partial charge < -0.3 is 10.1 Å². The number of amides is 1. The number of nitrogens with one attached hydrogen (secondary N) is 4. The third kappa shape index (κ3) is 5.22. The summed E-state index contributed by atoms with van der Waals surface area (Å²) in [4.78, 5) is 12.4. The first-order chi connectivity index (χ1) is 13.8. The number of ether oxygens (including phenoxy) is 1. The third-order valence-corrected chi connectivity index (χ3v) is 6.01. The van der Waals surface area contributed by atoms with Gasteiger partial charge in [-0.1, -0.05) is 0 Å². The average molecular weight is 422 g/mol. The molecule has 1 amide bonds. The van der Waals surface area contributed by atoms with Crippen molar-refractivity contribution in [3.8, 4) is 5.75 Å². The summed E-state index contributed by atoms with van der Waals surface area (Å²) in [5.74, 6) is -0.164. The molecule has 1 heterocycles. The van der Waals surface area contributed by atoms with E-state index in [4.69, 9.17) is 4.74 Å². The number of carbonyl (C=O) groups is 1. The minimum absolute atomic E-state index is 0.0262. The Balaban J connectivity index is 1.60. The zero-order valence-corrected chi connectivity index (χ0v) is 16.8. The van der Waals surface area contributed by atoms with Gasteiger partial charge in [0.25, 0.3) is 0 Å². The Morgan fingerprint density at radius 1 is 1.21 bits per heavy atom. The largest absolute Gasteiger partial charge is 0.494 e. The van der Waals surface area contributed by atoms with Gasteiger partial charge in [-0.05, 0) is 61.9 Å². The van der Waals surface area contributed by atoms with E-state index in [1.807, 2.05) is 6.92 Å². The molecule has 29 heavy (non-hydrogen) atoms. The lowest BCUT2D eigenvalue weighted by Crippen LogP contribution is -2.42. The molecule has 0 aliphatic carbocycles. The van der Waals surface area contributed by atoms with Gasteiger partial charge in [-0.3, -0.25) is 9.52 Å². The van der Waals surface area contributed by atoms with Crippen LogP contribution in [-0.4, -0.2) is 32.3 Å². The van der Waals surface area contributed by atoms with Crippen LogP contribution in [0.5, 0.6) is 5.75 Å². The molecule has 0 radical (unpaired) electrons. The van der Waals surface area contributed by atoms with Crippen molar-refractivity contribution in [1.29, 1.82) is 0 Å². The van der Waals surface area contributed by atoms with E-state index in [9.17, 15) is 17.6 Å². The zero-order valence-electron chi connectivity index (χ0n) is 16.0. The molecule has 1 saturated heterocycles. The van der Waals surface area contributed by atoms with Crippen LogP contribution < -0.4 is 25.6 Å². The van der Waals surface area contributed by atoms with Crippen LogP contribution in [0.15, 0.2) is 42.5 Å². The van der Waals surface area contributed by atoms with Gasteiger partial charge >= 0.3 is 0 Å². The van der Waals surface area contributed by atoms with E-state index >= 15 is 0 Å². The van der Waals surface area contributed by atoms with Gasteiger partial charge in [-0.2, -0.15) is 0 Å². The summed E-state index contributed by atoms with van der Waals surface area (Å²) in [6.07, 6.45) is 0.0262. The van der Waals surface area contributed by atoms with Crippen LogP contribution in [-0.2, 0) is 14.8 Å². The molecule has 10 heteroatoms. The fourth-order valence-electron chi connectivity index (χ4n) is 2.91. The monoisotopic (exact) mass is 422 g/mol. The summed E-state index contributed by atoms with van der Waals surface area (Å²) in [6, 6.07) is 9.81. The number of benzene rings is 2. The predicted molar refractivity (Wildman–Crippen MR) is 108 cm³/mol. The van der Waals surface area contributed by atoms with Crippen LogP contribution in [0, 0.1) is 12.7 Å². The maximum absolute atomic E-state index is 13.2. The Hall–Kier alpha value is -2.69. The number of sulfonamides is 1. The van der Waals surface area contributed by atoms with Crippen molar-refractivity contribution in [3.05, 3.63) is 53.8 Å². The fraction of sp³-hybridized carbons (Fsp3) is 0.316. The number of anilines is 2. The predicted octanol–water partition coefficient (Wildman–Crippen LogP) is 2.11. The van der Waals surface area contributed by atoms with Crippen molar-refractivity contribution >= 4 is 27.3 Å². The molecule has 8 nitrogen and oxygen atoms in total. The lowest BCUT2D eigenvalue weighted by Gasteiger charge is -2.14. The summed E-state index contributed by atoms with van der Waals surface area (Å²) in [6.45, 7) is 4.05. The molecule has 0 aromatic heterocycles. The second kappa shape index (κ2) is 8.76. The van der Waals surface area contributed by atoms with Crippen LogP contribution in [0.1, 0.15) is 18.9 Å². The number of aryl methyl sites for hydroxylation is 1. The van der Waals surface area contributed by atoms with E-state index < -0.39 is 33.2 Å². The van der Waals surface area contributed by atoms with E-state index in [-0.39, 0.29) is 6.42 Å². The molecule has 0 bridgehead atoms. The Bertz CT molecular complexity index is 982. The molecular weight excluding hydrogens is 399 g/mol. The number of hydrogen-bond donors (Lipinski definition) is 4. The quantitative estimate of drug-likeness (QED) is 0.544. The van der Waals surface area contributed by atoms with E-state index in [0.717, 1.165) is 0 Å². The molecule has 2 atom stereocenters. The highest BCUT2D eigenvalue weighted by atomic mass is 32.2. The molecule has 3 rings (SSSR count). The second-order valence-corrected chi connectivity index (χ2v) is 8.48. The first-order valence-electron chi connectivity index (χ1n) is 9.11. The van der Waals surface area contributed by atoms with E-state index in [1.54, 1.807) is 31.2 Å². The van der Waals surface area contributed by atoms with Crippen LogP contribution in [0.3, 0.4) is 0 Å². The van der Waals surface area contributed by atoms with Crippen molar-refractivity contribution in [3.63, 3.8) is 0 Å². The SMILES string of the molecule is CCOc1ccc(NS(=O)(=O)C2CC(C(=O)Nc3ccc(F)cc3C)NN2)cc1. The van der Waals surface area contributed by atoms with Gasteiger partial charge in [0.05, 0.1) is 6.61 Å². The molecular formula is C19H23FN4O4S. The standard InChI is InChI=1S/C19H23FN4O4S/c1-3-28-15-7-5-14(6-8-15)24-29(26,27)18-11-17(22-23-18)19(25)21-16-9-4-13(20)10-12(16)2/h4-10,17-18,22-24H,3,11H2,1-2H3,(H,21,25). The number of rotatable bonds is 7. The minimum atomic E-state index is -3.79. The second-order valence-electron chi connectivity index (χ2n) is 6.62. The molecule has 2 aromatic carbocycles. The lowest BCUT2D eigenvalue weighted by molar-refractivity contribution is -0.117. The molecule has 1 aliphatic rings. The molecule has 156 valence electrons. The lowest BCUT2D eigenvalue weighted by atomic mass is 10.1. The zero-order chi connectivity index (χ0) is 21.0. The number of hydrogen-bond acceptors (Lipinski definition) is 6. The van der Waals surface area contributed by atoms with E-state index in [2.05, 4.69) is 20.9 Å². The summed E-state index contributed by atoms with van der Waals surface area (Å²) in [7, 11) is -3.79. The minimum Gasteiger partial charge on any atom is -0.494 e. The highest BCUT2D eigenvalue weighted by molar-refractivity contribution is 7.93. The van der Waals surface area contributed by atoms with Crippen molar-refractivity contribution in [1.82, 2.24) is 10.9 Å². The molecule has 0 spiro atoms. The number of hydrazine groups is 1. The molecule has 2 unspecified atom stereocenters. The Morgan fingerprint density at radius 2 is 1.93 bits per heavy atom. The van der Waals surface area contributed by atoms with Crippen molar-refractivity contribution < 1.29 is 22.3 Å². The summed E-state index contributed by atoms with van der Waals surface area (Å²) in [5.41, 5.74) is 6.78. The van der Waals surface area contributed by atoms with Gasteiger partial charge in [0.1, 0.15) is 23.0 Å². The first-order valence-corrected chi connectivity index (χ1v) is 10.7. The molecule has 2 aromatic rings. The summed E-state index contributed by atoms with van der Waals surface area (Å²) >= 11 is 0. The van der Waals surface area contributed by atoms with Crippen molar-refractivity contribution in [2.24, 2.45) is 0 Å². The normalized spacial score (nSPS) is 19.0. The topological polar surface area (TPSA) is 109 Å². The fourth-order valence-corrected chi connectivity index (χ4v) is 4.19. The molecule has 4 N–H and O–H groups in total. The van der Waals surface area contributed by atoms with Gasteiger partial charge in [0.15, 0.2) is 0 Å². The highest BCUT2D eigenvalue weighted by Gasteiger charge is 2.37. The summed E-state index contributed by atoms with van der Waals surface area (Å²) < 4.78 is 46.2. The van der Waals surface area contributed by atoms with E-state index in [1.165, 1.54) is 18.2 Å². The molecule has 1 aliphatic heterocycles. The van der Waals surface area contributed by atoms with Crippen LogP contribution in [0.2, 0.25) is 0 Å². The number of carbonyl (C=O) groups excluding carboxylic acids is 1. The molecule has 1 fully saturated rings. The van der Waals surface area contributed by atoms with Gasteiger partial charge in [-0.15, -0.1) is 0 Å². The van der Waals surface area contributed by atoms with Crippen LogP contribution >= 0.6 is 0 Å². The average Bonchev–Trinajstić information content (AvgIpc) is 3.17. The molecule has 0 saturated carbocycles. The smallest absolute Gasteiger partial charge is 0.250 e. The van der Waals surface area contributed by atoms with Crippen molar-refractivity contribution in [2.75, 3.05) is 16.6 Å². The number of halogens is 1. The third-order valence-electron chi connectivity index (χ3n) is 4.43. The summed E-state index contributed by atoms with van der Waals surface area (Å²) in [5, 5.41) is 1.68.